The second-order valence-electron chi connectivity index (χ2n) is 6.38. The maximum absolute atomic E-state index is 12.4. The minimum absolute atomic E-state index is 0.0490. The standard InChI is InChI=1S/C18H23N5O2/c1-19-17(24)9-12-7-8-13(23(12)2)10-21-18(25)16-11-20-14-5-3-4-6-15(14)22-16/h3-6,11-13H,7-10H2,1-2H3,(H,19,24)(H,21,25)/t12-,13+/m1/s1. The summed E-state index contributed by atoms with van der Waals surface area (Å²) in [4.78, 5) is 34.7. The van der Waals surface area contributed by atoms with E-state index in [1.54, 1.807) is 7.05 Å². The van der Waals surface area contributed by atoms with Crippen molar-refractivity contribution in [3.8, 4) is 0 Å². The molecule has 1 aromatic heterocycles. The molecule has 2 N–H and O–H groups in total. The maximum atomic E-state index is 12.4. The van der Waals surface area contributed by atoms with Gasteiger partial charge in [0.1, 0.15) is 5.69 Å². The Kier molecular flexibility index (Phi) is 5.23. The number of carbonyl (C=O) groups excluding carboxylic acids is 2. The summed E-state index contributed by atoms with van der Waals surface area (Å²) >= 11 is 0. The normalized spacial score (nSPS) is 20.6. The van der Waals surface area contributed by atoms with E-state index in [9.17, 15) is 9.59 Å². The molecule has 1 aromatic carbocycles. The lowest BCUT2D eigenvalue weighted by Crippen LogP contribution is -2.42. The third kappa shape index (κ3) is 3.93. The number of hydrogen-bond acceptors (Lipinski definition) is 5. The second-order valence-corrected chi connectivity index (χ2v) is 6.38. The Balaban J connectivity index is 1.57. The van der Waals surface area contributed by atoms with Gasteiger partial charge in [-0.1, -0.05) is 12.1 Å². The summed E-state index contributed by atoms with van der Waals surface area (Å²) in [6, 6.07) is 7.92. The van der Waals surface area contributed by atoms with Gasteiger partial charge in [0.25, 0.3) is 5.91 Å². The molecular weight excluding hydrogens is 318 g/mol. The molecule has 1 fully saturated rings. The van der Waals surface area contributed by atoms with Crippen molar-refractivity contribution in [2.75, 3.05) is 20.6 Å². The van der Waals surface area contributed by atoms with Crippen LogP contribution in [0.2, 0.25) is 0 Å². The van der Waals surface area contributed by atoms with Crippen LogP contribution in [0.1, 0.15) is 29.8 Å². The molecule has 2 heterocycles. The highest BCUT2D eigenvalue weighted by atomic mass is 16.2. The molecule has 2 aromatic rings. The molecule has 132 valence electrons. The van der Waals surface area contributed by atoms with Crippen LogP contribution in [0.25, 0.3) is 11.0 Å². The number of para-hydroxylation sites is 2. The molecule has 1 aliphatic heterocycles. The summed E-state index contributed by atoms with van der Waals surface area (Å²) in [7, 11) is 3.66. The number of amides is 2. The van der Waals surface area contributed by atoms with E-state index in [4.69, 9.17) is 0 Å². The Labute approximate surface area is 146 Å². The number of fused-ring (bicyclic) bond motifs is 1. The first-order valence-corrected chi connectivity index (χ1v) is 8.51. The number of carbonyl (C=O) groups is 2. The number of rotatable bonds is 5. The van der Waals surface area contributed by atoms with Gasteiger partial charge in [-0.15, -0.1) is 0 Å². The smallest absolute Gasteiger partial charge is 0.271 e. The molecule has 7 nitrogen and oxygen atoms in total. The van der Waals surface area contributed by atoms with E-state index in [0.29, 0.717) is 24.2 Å². The highest BCUT2D eigenvalue weighted by Crippen LogP contribution is 2.24. The molecule has 0 spiro atoms. The summed E-state index contributed by atoms with van der Waals surface area (Å²) in [5.74, 6) is -0.172. The van der Waals surface area contributed by atoms with Gasteiger partial charge in [-0.25, -0.2) is 4.98 Å². The van der Waals surface area contributed by atoms with Gasteiger partial charge in [0.05, 0.1) is 17.2 Å². The Morgan fingerprint density at radius 3 is 2.68 bits per heavy atom. The van der Waals surface area contributed by atoms with Gasteiger partial charge in [0.15, 0.2) is 0 Å². The van der Waals surface area contributed by atoms with Crippen molar-refractivity contribution in [2.24, 2.45) is 0 Å². The molecule has 7 heteroatoms. The Hall–Kier alpha value is -2.54. The number of benzene rings is 1. The highest BCUT2D eigenvalue weighted by molar-refractivity contribution is 5.93. The SMILES string of the molecule is CNC(=O)C[C@H]1CC[C@@H](CNC(=O)c2cnc3ccccc3n2)N1C. The molecule has 0 unspecified atom stereocenters. The zero-order valence-electron chi connectivity index (χ0n) is 14.5. The third-order valence-corrected chi connectivity index (χ3v) is 4.86. The van der Waals surface area contributed by atoms with Crippen LogP contribution in [0.4, 0.5) is 0 Å². The van der Waals surface area contributed by atoms with Gasteiger partial charge >= 0.3 is 0 Å². The van der Waals surface area contributed by atoms with E-state index in [1.807, 2.05) is 31.3 Å². The van der Waals surface area contributed by atoms with E-state index >= 15 is 0 Å². The summed E-state index contributed by atoms with van der Waals surface area (Å²) < 4.78 is 0. The summed E-state index contributed by atoms with van der Waals surface area (Å²) in [5, 5.41) is 5.60. The average Bonchev–Trinajstić information content (AvgIpc) is 2.98. The van der Waals surface area contributed by atoms with E-state index < -0.39 is 0 Å². The number of likely N-dealkylation sites (N-methyl/N-ethyl adjacent to an activating group) is 1. The minimum Gasteiger partial charge on any atom is -0.359 e. The summed E-state index contributed by atoms with van der Waals surface area (Å²) in [6.07, 6.45) is 3.92. The van der Waals surface area contributed by atoms with Crippen LogP contribution in [0.5, 0.6) is 0 Å². The zero-order chi connectivity index (χ0) is 17.8. The van der Waals surface area contributed by atoms with Gasteiger partial charge in [0, 0.05) is 32.1 Å². The first-order chi connectivity index (χ1) is 12.1. The van der Waals surface area contributed by atoms with E-state index in [1.165, 1.54) is 6.20 Å². The number of nitrogens with one attached hydrogen (secondary N) is 2. The monoisotopic (exact) mass is 341 g/mol. The molecule has 1 aliphatic rings. The van der Waals surface area contributed by atoms with Crippen molar-refractivity contribution in [3.05, 3.63) is 36.2 Å². The largest absolute Gasteiger partial charge is 0.359 e. The van der Waals surface area contributed by atoms with Crippen molar-refractivity contribution in [1.29, 1.82) is 0 Å². The van der Waals surface area contributed by atoms with Crippen molar-refractivity contribution < 1.29 is 9.59 Å². The quantitative estimate of drug-likeness (QED) is 0.846. The van der Waals surface area contributed by atoms with E-state index in [0.717, 1.165) is 18.4 Å². The van der Waals surface area contributed by atoms with Crippen LogP contribution in [-0.4, -0.2) is 59.4 Å². The number of likely N-dealkylation sites (tertiary alicyclic amines) is 1. The molecule has 1 saturated heterocycles. The lowest BCUT2D eigenvalue weighted by Gasteiger charge is -2.25. The molecule has 0 radical (unpaired) electrons. The van der Waals surface area contributed by atoms with Crippen LogP contribution in [0, 0.1) is 0 Å². The molecule has 0 bridgehead atoms. The van der Waals surface area contributed by atoms with E-state index in [2.05, 4.69) is 25.5 Å². The van der Waals surface area contributed by atoms with Crippen LogP contribution in [0.3, 0.4) is 0 Å². The van der Waals surface area contributed by atoms with Gasteiger partial charge in [-0.05, 0) is 32.0 Å². The van der Waals surface area contributed by atoms with Crippen molar-refractivity contribution in [2.45, 2.75) is 31.3 Å². The van der Waals surface area contributed by atoms with Crippen LogP contribution >= 0.6 is 0 Å². The fourth-order valence-electron chi connectivity index (χ4n) is 3.27. The van der Waals surface area contributed by atoms with Gasteiger partial charge < -0.3 is 10.6 Å². The fourth-order valence-corrected chi connectivity index (χ4v) is 3.27. The molecule has 2 atom stereocenters. The van der Waals surface area contributed by atoms with Crippen molar-refractivity contribution >= 4 is 22.8 Å². The van der Waals surface area contributed by atoms with Crippen molar-refractivity contribution in [1.82, 2.24) is 25.5 Å². The fraction of sp³-hybridized carbons (Fsp3) is 0.444. The van der Waals surface area contributed by atoms with Crippen LogP contribution in [-0.2, 0) is 4.79 Å². The maximum Gasteiger partial charge on any atom is 0.271 e. The zero-order valence-corrected chi connectivity index (χ0v) is 14.5. The van der Waals surface area contributed by atoms with Gasteiger partial charge in [-0.2, -0.15) is 0 Å². The second kappa shape index (κ2) is 7.57. The number of hydrogen-bond donors (Lipinski definition) is 2. The molecule has 0 saturated carbocycles. The Morgan fingerprint density at radius 2 is 1.92 bits per heavy atom. The lowest BCUT2D eigenvalue weighted by atomic mass is 10.1. The van der Waals surface area contributed by atoms with Gasteiger partial charge in [-0.3, -0.25) is 19.5 Å². The highest BCUT2D eigenvalue weighted by Gasteiger charge is 2.31. The third-order valence-electron chi connectivity index (χ3n) is 4.86. The first kappa shape index (κ1) is 17.3. The minimum atomic E-state index is -0.221. The first-order valence-electron chi connectivity index (χ1n) is 8.51. The predicted molar refractivity (Wildman–Crippen MR) is 95.1 cm³/mol. The number of nitrogens with zero attached hydrogens (tertiary/aromatic N) is 3. The predicted octanol–water partition coefficient (Wildman–Crippen LogP) is 0.958. The molecule has 3 rings (SSSR count). The lowest BCUT2D eigenvalue weighted by molar-refractivity contribution is -0.121. The Bertz CT molecular complexity index is 779. The number of aromatic nitrogens is 2. The van der Waals surface area contributed by atoms with E-state index in [-0.39, 0.29) is 23.9 Å². The Morgan fingerprint density at radius 1 is 1.20 bits per heavy atom. The van der Waals surface area contributed by atoms with Crippen molar-refractivity contribution in [3.63, 3.8) is 0 Å². The summed E-state index contributed by atoms with van der Waals surface area (Å²) in [5.41, 5.74) is 1.80. The molecular formula is C18H23N5O2. The van der Waals surface area contributed by atoms with Crippen LogP contribution < -0.4 is 10.6 Å². The molecule has 2 amide bonds. The molecule has 25 heavy (non-hydrogen) atoms. The summed E-state index contributed by atoms with van der Waals surface area (Å²) in [6.45, 7) is 0.536. The van der Waals surface area contributed by atoms with Gasteiger partial charge in [0.2, 0.25) is 5.91 Å². The molecule has 0 aliphatic carbocycles. The average molecular weight is 341 g/mol. The topological polar surface area (TPSA) is 87.2 Å². The van der Waals surface area contributed by atoms with Crippen LogP contribution in [0.15, 0.2) is 30.5 Å².